The zero-order valence-electron chi connectivity index (χ0n) is 12.3. The lowest BCUT2D eigenvalue weighted by molar-refractivity contribution is 0.416. The first-order valence-electron chi connectivity index (χ1n) is 6.82. The van der Waals surface area contributed by atoms with Crippen molar-refractivity contribution in [3.63, 3.8) is 0 Å². The summed E-state index contributed by atoms with van der Waals surface area (Å²) in [7, 11) is 1.61. The standard InChI is InChI=1S/C17H13Cl2N3O/c1-23-16-5-3-2-4-11(16)15-9-14(21-17(20)22-15)10-6-7-12(18)13(19)8-10/h2-9H,1H3,(H2,20,21,22). The largest absolute Gasteiger partial charge is 0.496 e. The van der Waals surface area contributed by atoms with Gasteiger partial charge in [-0.05, 0) is 30.3 Å². The van der Waals surface area contributed by atoms with Crippen LogP contribution >= 0.6 is 23.2 Å². The minimum absolute atomic E-state index is 0.175. The zero-order chi connectivity index (χ0) is 16.4. The molecule has 0 amide bonds. The Hall–Kier alpha value is -2.30. The van der Waals surface area contributed by atoms with E-state index in [1.165, 1.54) is 0 Å². The van der Waals surface area contributed by atoms with E-state index in [9.17, 15) is 0 Å². The number of para-hydroxylation sites is 1. The molecule has 0 aliphatic heterocycles. The second-order valence-electron chi connectivity index (χ2n) is 4.83. The summed E-state index contributed by atoms with van der Waals surface area (Å²) in [6, 6.07) is 14.7. The molecule has 0 aliphatic rings. The van der Waals surface area contributed by atoms with E-state index in [0.717, 1.165) is 11.1 Å². The van der Waals surface area contributed by atoms with Gasteiger partial charge in [0, 0.05) is 11.1 Å². The smallest absolute Gasteiger partial charge is 0.221 e. The first-order chi connectivity index (χ1) is 11.1. The van der Waals surface area contributed by atoms with Crippen molar-refractivity contribution in [2.75, 3.05) is 12.8 Å². The van der Waals surface area contributed by atoms with Gasteiger partial charge in [0.1, 0.15) is 5.75 Å². The van der Waals surface area contributed by atoms with Gasteiger partial charge < -0.3 is 10.5 Å². The molecule has 2 N–H and O–H groups in total. The number of hydrogen-bond acceptors (Lipinski definition) is 4. The summed E-state index contributed by atoms with van der Waals surface area (Å²) >= 11 is 12.0. The molecule has 3 rings (SSSR count). The molecule has 0 atom stereocenters. The summed E-state index contributed by atoms with van der Waals surface area (Å²) in [4.78, 5) is 8.59. The fourth-order valence-electron chi connectivity index (χ4n) is 2.26. The van der Waals surface area contributed by atoms with Gasteiger partial charge in [0.15, 0.2) is 0 Å². The van der Waals surface area contributed by atoms with Gasteiger partial charge in [-0.3, -0.25) is 0 Å². The number of hydrogen-bond donors (Lipinski definition) is 1. The number of rotatable bonds is 3. The summed E-state index contributed by atoms with van der Waals surface area (Å²) in [6.45, 7) is 0. The average Bonchev–Trinajstić information content (AvgIpc) is 2.56. The number of ether oxygens (including phenoxy) is 1. The molecule has 0 aliphatic carbocycles. The Morgan fingerprint density at radius 2 is 1.65 bits per heavy atom. The van der Waals surface area contributed by atoms with Crippen molar-refractivity contribution in [2.45, 2.75) is 0 Å². The lowest BCUT2D eigenvalue weighted by Crippen LogP contribution is -1.99. The van der Waals surface area contributed by atoms with Crippen LogP contribution in [-0.4, -0.2) is 17.1 Å². The molecule has 6 heteroatoms. The third-order valence-corrected chi connectivity index (χ3v) is 4.08. The van der Waals surface area contributed by atoms with E-state index in [1.807, 2.05) is 36.4 Å². The van der Waals surface area contributed by atoms with E-state index >= 15 is 0 Å². The number of benzene rings is 2. The van der Waals surface area contributed by atoms with Crippen molar-refractivity contribution >= 4 is 29.2 Å². The number of methoxy groups -OCH3 is 1. The normalized spacial score (nSPS) is 10.6. The van der Waals surface area contributed by atoms with Gasteiger partial charge in [-0.25, -0.2) is 9.97 Å². The highest BCUT2D eigenvalue weighted by molar-refractivity contribution is 6.42. The van der Waals surface area contributed by atoms with Gasteiger partial charge in [0.2, 0.25) is 5.95 Å². The maximum absolute atomic E-state index is 6.08. The first-order valence-corrected chi connectivity index (χ1v) is 7.57. The Labute approximate surface area is 143 Å². The SMILES string of the molecule is COc1ccccc1-c1cc(-c2ccc(Cl)c(Cl)c2)nc(N)n1. The number of aromatic nitrogens is 2. The number of nitrogens with two attached hydrogens (primary N) is 1. The molecule has 1 aromatic heterocycles. The molecule has 23 heavy (non-hydrogen) atoms. The van der Waals surface area contributed by atoms with Crippen LogP contribution in [0.25, 0.3) is 22.5 Å². The first kappa shape index (κ1) is 15.6. The molecule has 4 nitrogen and oxygen atoms in total. The molecular weight excluding hydrogens is 333 g/mol. The van der Waals surface area contributed by atoms with Crippen LogP contribution in [0.5, 0.6) is 5.75 Å². The monoisotopic (exact) mass is 345 g/mol. The lowest BCUT2D eigenvalue weighted by atomic mass is 10.1. The van der Waals surface area contributed by atoms with Crippen LogP contribution < -0.4 is 10.5 Å². The molecule has 3 aromatic rings. The van der Waals surface area contributed by atoms with Crippen LogP contribution in [0.1, 0.15) is 0 Å². The second kappa shape index (κ2) is 6.44. The molecule has 0 spiro atoms. The van der Waals surface area contributed by atoms with E-state index in [2.05, 4.69) is 9.97 Å². The van der Waals surface area contributed by atoms with Crippen LogP contribution in [0.3, 0.4) is 0 Å². The van der Waals surface area contributed by atoms with Crippen molar-refractivity contribution < 1.29 is 4.74 Å². The predicted molar refractivity (Wildman–Crippen MR) is 93.9 cm³/mol. The molecule has 0 unspecified atom stereocenters. The molecule has 2 aromatic carbocycles. The third kappa shape index (κ3) is 3.23. The Balaban J connectivity index is 2.14. The molecule has 0 fully saturated rings. The molecule has 0 saturated heterocycles. The molecule has 116 valence electrons. The minimum atomic E-state index is 0.175. The summed E-state index contributed by atoms with van der Waals surface area (Å²) in [5, 5.41) is 0.947. The van der Waals surface area contributed by atoms with Crippen molar-refractivity contribution in [1.82, 2.24) is 9.97 Å². The van der Waals surface area contributed by atoms with Gasteiger partial charge >= 0.3 is 0 Å². The van der Waals surface area contributed by atoms with Crippen LogP contribution in [0.2, 0.25) is 10.0 Å². The molecule has 0 bridgehead atoms. The van der Waals surface area contributed by atoms with Crippen molar-refractivity contribution in [3.8, 4) is 28.3 Å². The second-order valence-corrected chi connectivity index (χ2v) is 5.64. The van der Waals surface area contributed by atoms with Gasteiger partial charge in [0.05, 0.1) is 28.5 Å². The summed E-state index contributed by atoms with van der Waals surface area (Å²) < 4.78 is 5.38. The lowest BCUT2D eigenvalue weighted by Gasteiger charge is -2.10. The van der Waals surface area contributed by atoms with Crippen molar-refractivity contribution in [1.29, 1.82) is 0 Å². The van der Waals surface area contributed by atoms with Gasteiger partial charge in [0.25, 0.3) is 0 Å². The summed E-state index contributed by atoms with van der Waals surface area (Å²) in [5.41, 5.74) is 8.86. The zero-order valence-corrected chi connectivity index (χ0v) is 13.8. The number of halogens is 2. The number of nitrogen functional groups attached to an aromatic ring is 1. The van der Waals surface area contributed by atoms with E-state index in [0.29, 0.717) is 27.2 Å². The Morgan fingerprint density at radius 1 is 0.913 bits per heavy atom. The molecule has 0 radical (unpaired) electrons. The van der Waals surface area contributed by atoms with Gasteiger partial charge in [-0.1, -0.05) is 41.4 Å². The maximum Gasteiger partial charge on any atom is 0.221 e. The summed E-state index contributed by atoms with van der Waals surface area (Å²) in [5.74, 6) is 0.889. The number of nitrogens with zero attached hydrogens (tertiary/aromatic N) is 2. The van der Waals surface area contributed by atoms with E-state index in [1.54, 1.807) is 19.2 Å². The van der Waals surface area contributed by atoms with Crippen LogP contribution in [-0.2, 0) is 0 Å². The van der Waals surface area contributed by atoms with Crippen molar-refractivity contribution in [2.24, 2.45) is 0 Å². The Bertz CT molecular complexity index is 868. The third-order valence-electron chi connectivity index (χ3n) is 3.34. The maximum atomic E-state index is 6.08. The molecule has 0 saturated carbocycles. The Kier molecular flexibility index (Phi) is 4.37. The highest BCUT2D eigenvalue weighted by atomic mass is 35.5. The fraction of sp³-hybridized carbons (Fsp3) is 0.0588. The van der Waals surface area contributed by atoms with Gasteiger partial charge in [-0.2, -0.15) is 0 Å². The van der Waals surface area contributed by atoms with E-state index in [-0.39, 0.29) is 5.95 Å². The predicted octanol–water partition coefficient (Wildman–Crippen LogP) is 4.71. The van der Waals surface area contributed by atoms with E-state index in [4.69, 9.17) is 33.7 Å². The highest BCUT2D eigenvalue weighted by Gasteiger charge is 2.11. The molecule has 1 heterocycles. The van der Waals surface area contributed by atoms with Crippen molar-refractivity contribution in [3.05, 3.63) is 58.6 Å². The van der Waals surface area contributed by atoms with Crippen LogP contribution in [0.15, 0.2) is 48.5 Å². The minimum Gasteiger partial charge on any atom is -0.496 e. The quantitative estimate of drug-likeness (QED) is 0.746. The fourth-order valence-corrected chi connectivity index (χ4v) is 2.56. The van der Waals surface area contributed by atoms with Gasteiger partial charge in [-0.15, -0.1) is 0 Å². The Morgan fingerprint density at radius 3 is 2.39 bits per heavy atom. The molecular formula is C17H13Cl2N3O. The van der Waals surface area contributed by atoms with E-state index < -0.39 is 0 Å². The summed E-state index contributed by atoms with van der Waals surface area (Å²) in [6.07, 6.45) is 0. The van der Waals surface area contributed by atoms with Crippen LogP contribution in [0, 0.1) is 0 Å². The average molecular weight is 346 g/mol. The van der Waals surface area contributed by atoms with Crippen LogP contribution in [0.4, 0.5) is 5.95 Å². The highest BCUT2D eigenvalue weighted by Crippen LogP contribution is 2.32. The number of anilines is 1. The topological polar surface area (TPSA) is 61.0 Å².